The van der Waals surface area contributed by atoms with Gasteiger partial charge in [0.05, 0.1) is 23.5 Å². The molecule has 0 aliphatic rings. The Morgan fingerprint density at radius 1 is 1.37 bits per heavy atom. The Bertz CT molecular complexity index is 636. The second-order valence-corrected chi connectivity index (χ2v) is 4.06. The lowest BCUT2D eigenvalue weighted by Gasteiger charge is -2.03. The van der Waals surface area contributed by atoms with Gasteiger partial charge in [0.25, 0.3) is 0 Å². The van der Waals surface area contributed by atoms with Crippen LogP contribution in [-0.2, 0) is 9.59 Å². The summed E-state index contributed by atoms with van der Waals surface area (Å²) in [6, 6.07) is 9.05. The first-order valence-corrected chi connectivity index (χ1v) is 5.70. The van der Waals surface area contributed by atoms with Crippen LogP contribution in [0.15, 0.2) is 24.3 Å². The summed E-state index contributed by atoms with van der Waals surface area (Å²) >= 11 is 0. The molecule has 0 saturated carbocycles. The highest BCUT2D eigenvalue weighted by Crippen LogP contribution is 2.19. The number of rotatable bonds is 5. The van der Waals surface area contributed by atoms with Crippen molar-refractivity contribution in [1.29, 1.82) is 5.26 Å². The number of ketones is 1. The maximum absolute atomic E-state index is 11.8. The number of hydrogen-bond donors (Lipinski definition) is 2. The summed E-state index contributed by atoms with van der Waals surface area (Å²) in [5.74, 6) is -2.29. The number of nitrogens with zero attached hydrogens (tertiary/aromatic N) is 2. The first kappa shape index (κ1) is 12.8. The summed E-state index contributed by atoms with van der Waals surface area (Å²) in [4.78, 5) is 29.3. The van der Waals surface area contributed by atoms with Crippen LogP contribution in [0.3, 0.4) is 0 Å². The summed E-state index contributed by atoms with van der Waals surface area (Å²) in [6.07, 6.45) is -0.457. The van der Waals surface area contributed by atoms with Crippen LogP contribution < -0.4 is 0 Å². The van der Waals surface area contributed by atoms with Gasteiger partial charge in [-0.25, -0.2) is 4.98 Å². The SMILES string of the molecule is N#CC(C(=O)CCC(=O)O)c1nc2ccccc2[nH]1. The molecule has 1 heterocycles. The van der Waals surface area contributed by atoms with Crippen LogP contribution >= 0.6 is 0 Å². The molecular weight excluding hydrogens is 246 g/mol. The molecule has 19 heavy (non-hydrogen) atoms. The van der Waals surface area contributed by atoms with Crippen molar-refractivity contribution in [2.75, 3.05) is 0 Å². The number of nitrogens with one attached hydrogen (secondary N) is 1. The number of aromatic nitrogens is 2. The number of carboxylic acids is 1. The fourth-order valence-electron chi connectivity index (χ4n) is 1.77. The molecule has 0 aliphatic carbocycles. The minimum Gasteiger partial charge on any atom is -0.481 e. The fraction of sp³-hybridized carbons (Fsp3) is 0.231. The van der Waals surface area contributed by atoms with Crippen LogP contribution in [0.4, 0.5) is 0 Å². The van der Waals surface area contributed by atoms with Crippen LogP contribution in [0.1, 0.15) is 24.6 Å². The van der Waals surface area contributed by atoms with Crippen molar-refractivity contribution in [2.45, 2.75) is 18.8 Å². The standard InChI is InChI=1S/C13H11N3O3/c14-7-8(11(17)5-6-12(18)19)13-15-9-3-1-2-4-10(9)16-13/h1-4,8H,5-6H2,(H,15,16)(H,18,19). The van der Waals surface area contributed by atoms with E-state index in [4.69, 9.17) is 10.4 Å². The largest absolute Gasteiger partial charge is 0.481 e. The number of carboxylic acid groups (broad SMARTS) is 1. The number of para-hydroxylation sites is 2. The third-order valence-corrected chi connectivity index (χ3v) is 2.72. The summed E-state index contributed by atoms with van der Waals surface area (Å²) in [7, 11) is 0. The molecular formula is C13H11N3O3. The van der Waals surface area contributed by atoms with Crippen LogP contribution in [0.5, 0.6) is 0 Å². The molecule has 2 N–H and O–H groups in total. The molecule has 2 rings (SSSR count). The number of aliphatic carboxylic acids is 1. The van der Waals surface area contributed by atoms with Crippen LogP contribution in [0.2, 0.25) is 0 Å². The van der Waals surface area contributed by atoms with Gasteiger partial charge in [-0.1, -0.05) is 12.1 Å². The van der Waals surface area contributed by atoms with Crippen molar-refractivity contribution in [1.82, 2.24) is 9.97 Å². The monoisotopic (exact) mass is 257 g/mol. The number of fused-ring (bicyclic) bond motifs is 1. The molecule has 1 aromatic heterocycles. The minimum absolute atomic E-state index is 0.176. The van der Waals surface area contributed by atoms with E-state index in [1.54, 1.807) is 18.2 Å². The molecule has 0 fully saturated rings. The Morgan fingerprint density at radius 2 is 2.11 bits per heavy atom. The van der Waals surface area contributed by atoms with E-state index in [0.29, 0.717) is 5.52 Å². The first-order chi connectivity index (χ1) is 9.11. The minimum atomic E-state index is -1.06. The van der Waals surface area contributed by atoms with E-state index in [1.165, 1.54) is 0 Å². The molecule has 0 saturated heterocycles. The maximum Gasteiger partial charge on any atom is 0.303 e. The van der Waals surface area contributed by atoms with Gasteiger partial charge in [-0.15, -0.1) is 0 Å². The van der Waals surface area contributed by atoms with E-state index < -0.39 is 17.7 Å². The molecule has 6 heteroatoms. The summed E-state index contributed by atoms with van der Waals surface area (Å²) < 4.78 is 0. The number of aromatic amines is 1. The van der Waals surface area contributed by atoms with Gasteiger partial charge < -0.3 is 10.1 Å². The molecule has 96 valence electrons. The smallest absolute Gasteiger partial charge is 0.303 e. The predicted octanol–water partition coefficient (Wildman–Crippen LogP) is 1.60. The zero-order chi connectivity index (χ0) is 13.8. The average molecular weight is 257 g/mol. The number of imidazole rings is 1. The highest BCUT2D eigenvalue weighted by molar-refractivity contribution is 5.90. The van der Waals surface area contributed by atoms with Gasteiger partial charge in [0.2, 0.25) is 0 Å². The van der Waals surface area contributed by atoms with Gasteiger partial charge in [0, 0.05) is 6.42 Å². The first-order valence-electron chi connectivity index (χ1n) is 5.70. The van der Waals surface area contributed by atoms with Crippen molar-refractivity contribution in [2.24, 2.45) is 0 Å². The zero-order valence-electron chi connectivity index (χ0n) is 9.96. The normalized spacial score (nSPS) is 11.9. The third-order valence-electron chi connectivity index (χ3n) is 2.72. The van der Waals surface area contributed by atoms with Crippen LogP contribution in [-0.4, -0.2) is 26.8 Å². The number of H-pyrrole nitrogens is 1. The lowest BCUT2D eigenvalue weighted by atomic mass is 10.0. The Hall–Kier alpha value is -2.68. The van der Waals surface area contributed by atoms with Crippen LogP contribution in [0, 0.1) is 11.3 Å². The Labute approximate surface area is 108 Å². The second kappa shape index (κ2) is 5.31. The second-order valence-electron chi connectivity index (χ2n) is 4.06. The number of carbonyl (C=O) groups is 2. The number of Topliss-reactive ketones (excluding diaryl/α,β-unsaturated/α-hetero) is 1. The topological polar surface area (TPSA) is 107 Å². The Balaban J connectivity index is 2.24. The van der Waals surface area contributed by atoms with Gasteiger partial charge in [-0.2, -0.15) is 5.26 Å². The predicted molar refractivity (Wildman–Crippen MR) is 66.3 cm³/mol. The Morgan fingerprint density at radius 3 is 2.74 bits per heavy atom. The highest BCUT2D eigenvalue weighted by atomic mass is 16.4. The van der Waals surface area contributed by atoms with Gasteiger partial charge in [0.15, 0.2) is 11.7 Å². The fourth-order valence-corrected chi connectivity index (χ4v) is 1.77. The lowest BCUT2D eigenvalue weighted by molar-refractivity contribution is -0.138. The third kappa shape index (κ3) is 2.77. The van der Waals surface area contributed by atoms with Crippen molar-refractivity contribution in [3.05, 3.63) is 30.1 Å². The Kier molecular flexibility index (Phi) is 3.57. The van der Waals surface area contributed by atoms with Gasteiger partial charge in [0.1, 0.15) is 5.82 Å². The molecule has 0 aliphatic heterocycles. The number of hydrogen-bond acceptors (Lipinski definition) is 4. The maximum atomic E-state index is 11.8. The van der Waals surface area contributed by atoms with Crippen molar-refractivity contribution < 1.29 is 14.7 Å². The molecule has 0 radical (unpaired) electrons. The molecule has 1 atom stereocenters. The number of benzene rings is 1. The molecule has 0 amide bonds. The summed E-state index contributed by atoms with van der Waals surface area (Å²) in [5, 5.41) is 17.6. The molecule has 1 unspecified atom stereocenters. The number of nitriles is 1. The number of carbonyl (C=O) groups excluding carboxylic acids is 1. The molecule has 2 aromatic rings. The van der Waals surface area contributed by atoms with Crippen molar-refractivity contribution in [3.63, 3.8) is 0 Å². The lowest BCUT2D eigenvalue weighted by Crippen LogP contribution is -2.13. The van der Waals surface area contributed by atoms with E-state index in [-0.39, 0.29) is 18.7 Å². The van der Waals surface area contributed by atoms with Crippen LogP contribution in [0.25, 0.3) is 11.0 Å². The van der Waals surface area contributed by atoms with Gasteiger partial charge in [-0.05, 0) is 12.1 Å². The van der Waals surface area contributed by atoms with Crippen molar-refractivity contribution >= 4 is 22.8 Å². The van der Waals surface area contributed by atoms with Crippen molar-refractivity contribution in [3.8, 4) is 6.07 Å². The average Bonchev–Trinajstić information content (AvgIpc) is 2.80. The van der Waals surface area contributed by atoms with E-state index in [9.17, 15) is 9.59 Å². The molecule has 0 spiro atoms. The zero-order valence-corrected chi connectivity index (χ0v) is 9.96. The molecule has 1 aromatic carbocycles. The van der Waals surface area contributed by atoms with E-state index in [2.05, 4.69) is 9.97 Å². The summed E-state index contributed by atoms with van der Waals surface area (Å²) in [6.45, 7) is 0. The molecule has 0 bridgehead atoms. The van der Waals surface area contributed by atoms with E-state index in [1.807, 2.05) is 12.1 Å². The van der Waals surface area contributed by atoms with Gasteiger partial charge >= 0.3 is 5.97 Å². The molecule has 6 nitrogen and oxygen atoms in total. The van der Waals surface area contributed by atoms with E-state index in [0.717, 1.165) is 5.52 Å². The van der Waals surface area contributed by atoms with Gasteiger partial charge in [-0.3, -0.25) is 9.59 Å². The quantitative estimate of drug-likeness (QED) is 0.846. The highest BCUT2D eigenvalue weighted by Gasteiger charge is 2.23. The van der Waals surface area contributed by atoms with E-state index >= 15 is 0 Å². The summed E-state index contributed by atoms with van der Waals surface area (Å²) in [5.41, 5.74) is 1.41.